The highest BCUT2D eigenvalue weighted by Gasteiger charge is 2.37. The molecule has 3 aliphatic rings. The Bertz CT molecular complexity index is 2410. The van der Waals surface area contributed by atoms with Gasteiger partial charge in [-0.25, -0.2) is 9.78 Å². The number of nitrogens with zero attached hydrogens (tertiary/aromatic N) is 4. The van der Waals surface area contributed by atoms with Crippen molar-refractivity contribution in [3.63, 3.8) is 0 Å². The summed E-state index contributed by atoms with van der Waals surface area (Å²) < 4.78 is 13.2. The Labute approximate surface area is 374 Å². The maximum atomic E-state index is 14.3. The van der Waals surface area contributed by atoms with Crippen molar-refractivity contribution in [1.29, 1.82) is 0 Å². The van der Waals surface area contributed by atoms with Crippen LogP contribution in [-0.2, 0) is 29.0 Å². The molecule has 1 saturated carbocycles. The zero-order chi connectivity index (χ0) is 43.5. The molecule has 324 valence electrons. The molecule has 4 atom stereocenters. The second kappa shape index (κ2) is 19.1. The summed E-state index contributed by atoms with van der Waals surface area (Å²) in [5, 5.41) is 14.0. The van der Waals surface area contributed by atoms with Gasteiger partial charge in [-0.3, -0.25) is 14.7 Å². The molecule has 2 aromatic heterocycles. The lowest BCUT2D eigenvalue weighted by Gasteiger charge is -2.38. The summed E-state index contributed by atoms with van der Waals surface area (Å²) >= 11 is 12.3. The number of ether oxygens (including phenoxy) is 2. The maximum Gasteiger partial charge on any atom is 0.326 e. The Morgan fingerprint density at radius 1 is 0.968 bits per heavy atom. The molecule has 2 N–H and O–H groups in total. The molecule has 0 saturated heterocycles. The van der Waals surface area contributed by atoms with Gasteiger partial charge in [-0.2, -0.15) is 0 Å². The van der Waals surface area contributed by atoms with E-state index in [1.807, 2.05) is 49.4 Å². The number of carbonyl (C=O) groups excluding carboxylic acids is 1. The molecule has 12 heteroatoms. The summed E-state index contributed by atoms with van der Waals surface area (Å²) in [4.78, 5) is 40.1. The zero-order valence-electron chi connectivity index (χ0n) is 35.9. The normalized spacial score (nSPS) is 18.8. The number of rotatable bonds is 13. The lowest BCUT2D eigenvalue weighted by atomic mass is 9.90. The van der Waals surface area contributed by atoms with Crippen LogP contribution < -0.4 is 19.7 Å². The minimum Gasteiger partial charge on any atom is -0.486 e. The van der Waals surface area contributed by atoms with Crippen molar-refractivity contribution in [2.75, 3.05) is 25.0 Å². The maximum absolute atomic E-state index is 14.3. The minimum atomic E-state index is -1.06. The predicted molar refractivity (Wildman–Crippen MR) is 244 cm³/mol. The molecule has 62 heavy (non-hydrogen) atoms. The van der Waals surface area contributed by atoms with E-state index in [0.29, 0.717) is 23.9 Å². The van der Waals surface area contributed by atoms with Crippen molar-refractivity contribution in [1.82, 2.24) is 20.2 Å². The van der Waals surface area contributed by atoms with Crippen molar-refractivity contribution in [2.24, 2.45) is 5.92 Å². The minimum absolute atomic E-state index is 0.170. The average molecular weight is 877 g/mol. The van der Waals surface area contributed by atoms with Crippen LogP contribution in [-0.4, -0.2) is 64.1 Å². The smallest absolute Gasteiger partial charge is 0.326 e. The van der Waals surface area contributed by atoms with Crippen LogP contribution in [0.4, 0.5) is 5.69 Å². The Morgan fingerprint density at radius 2 is 1.73 bits per heavy atom. The number of aliphatic carboxylic acids is 1. The van der Waals surface area contributed by atoms with Gasteiger partial charge in [0.2, 0.25) is 5.91 Å². The Kier molecular flexibility index (Phi) is 13.4. The van der Waals surface area contributed by atoms with Crippen LogP contribution in [0, 0.1) is 19.8 Å². The summed E-state index contributed by atoms with van der Waals surface area (Å²) in [6, 6.07) is 22.6. The molecule has 0 spiro atoms. The number of carboxylic acids is 1. The fourth-order valence-electron chi connectivity index (χ4n) is 9.30. The number of carbonyl (C=O) groups is 2. The summed E-state index contributed by atoms with van der Waals surface area (Å²) in [7, 11) is 2.08. The molecule has 0 unspecified atom stereocenters. The fourth-order valence-corrected chi connectivity index (χ4v) is 9.58. The van der Waals surface area contributed by atoms with Gasteiger partial charge in [0.1, 0.15) is 34.9 Å². The van der Waals surface area contributed by atoms with Gasteiger partial charge >= 0.3 is 5.97 Å². The molecule has 1 fully saturated rings. The van der Waals surface area contributed by atoms with Crippen molar-refractivity contribution < 1.29 is 24.2 Å². The number of halogens is 2. The first-order valence-electron chi connectivity index (χ1n) is 21.8. The second-order valence-electron chi connectivity index (χ2n) is 17.2. The number of amides is 1. The van der Waals surface area contributed by atoms with E-state index < -0.39 is 18.1 Å². The number of benzene rings is 3. The molecule has 10 nitrogen and oxygen atoms in total. The van der Waals surface area contributed by atoms with E-state index in [4.69, 9.17) is 32.7 Å². The molecule has 2 aliphatic heterocycles. The molecular formula is C50H55Cl2N5O5. The lowest BCUT2D eigenvalue weighted by Crippen LogP contribution is -2.55. The highest BCUT2D eigenvalue weighted by atomic mass is 35.5. The SMILES string of the molecule is CC[C@@H](Oc1ccc([C@H]2CCN(C)c3cc4c(cc3O2)CN(CC2CCCC2)[C@H](C(=O)N[C@@H](Cc2ccc(-c3ccnc(C)c3C)cc2)C(=O)O)C4)cc1)c1cnc(Cl)c(Cl)c1. The summed E-state index contributed by atoms with van der Waals surface area (Å²) in [6.45, 7) is 8.25. The Morgan fingerprint density at radius 3 is 2.44 bits per heavy atom. The standard InChI is InChI=1S/C50H55Cl2N5O5/c1-5-45(37-23-41(51)48(52)54-27-37)61-39-16-14-35(15-17-39)46-19-21-56(4)43-24-36-25-44(57(28-33-8-6-7-9-33)29-38(36)26-47(43)62-46)49(58)55-42(50(59)60)22-32-10-12-34(13-11-32)40-18-20-53-31(3)30(40)2/h10-18,20,23-24,26-27,33,42,44-46H,5-9,19,21-22,25,28-29H2,1-4H3,(H,55,58)(H,59,60)/t42-,44-,45+,46+/m0/s1. The van der Waals surface area contributed by atoms with Crippen LogP contribution in [0.5, 0.6) is 11.5 Å². The molecule has 0 radical (unpaired) electrons. The summed E-state index contributed by atoms with van der Waals surface area (Å²) in [5.74, 6) is 0.770. The number of nitrogens with one attached hydrogen (secondary N) is 1. The van der Waals surface area contributed by atoms with Crippen LogP contribution in [0.25, 0.3) is 11.1 Å². The van der Waals surface area contributed by atoms with E-state index in [0.717, 1.165) is 106 Å². The van der Waals surface area contributed by atoms with Crippen LogP contribution in [0.1, 0.15) is 96.7 Å². The fraction of sp³-hybridized carbons (Fsp3) is 0.400. The van der Waals surface area contributed by atoms with Crippen LogP contribution in [0.3, 0.4) is 0 Å². The van der Waals surface area contributed by atoms with Crippen molar-refractivity contribution in [3.05, 3.63) is 134 Å². The molecule has 3 aromatic carbocycles. The van der Waals surface area contributed by atoms with Crippen LogP contribution in [0.15, 0.2) is 85.2 Å². The van der Waals surface area contributed by atoms with E-state index in [2.05, 4.69) is 70.2 Å². The van der Waals surface area contributed by atoms with Gasteiger partial charge in [-0.15, -0.1) is 0 Å². The second-order valence-corrected chi connectivity index (χ2v) is 18.0. The van der Waals surface area contributed by atoms with Gasteiger partial charge in [0.15, 0.2) is 0 Å². The number of aromatic nitrogens is 2. The van der Waals surface area contributed by atoms with Crippen LogP contribution in [0.2, 0.25) is 10.2 Å². The van der Waals surface area contributed by atoms with Crippen LogP contribution >= 0.6 is 23.2 Å². The molecule has 4 heterocycles. The first-order chi connectivity index (χ1) is 29.9. The highest BCUT2D eigenvalue weighted by molar-refractivity contribution is 6.41. The quantitative estimate of drug-likeness (QED) is 0.112. The van der Waals surface area contributed by atoms with E-state index in [-0.39, 0.29) is 29.7 Å². The number of hydrogen-bond acceptors (Lipinski definition) is 8. The molecule has 5 aromatic rings. The molecule has 0 bridgehead atoms. The van der Waals surface area contributed by atoms with Gasteiger partial charge in [0, 0.05) is 63.2 Å². The highest BCUT2D eigenvalue weighted by Crippen LogP contribution is 2.42. The number of carboxylic acid groups (broad SMARTS) is 1. The van der Waals surface area contributed by atoms with Gasteiger partial charge in [-0.05, 0) is 121 Å². The first kappa shape index (κ1) is 43.5. The van der Waals surface area contributed by atoms with Crippen molar-refractivity contribution >= 4 is 40.8 Å². The third kappa shape index (κ3) is 9.73. The molecule has 1 aliphatic carbocycles. The first-order valence-corrected chi connectivity index (χ1v) is 22.6. The number of hydrogen-bond donors (Lipinski definition) is 2. The molecule has 8 rings (SSSR count). The Hall–Kier alpha value is -5.16. The van der Waals surface area contributed by atoms with E-state index >= 15 is 0 Å². The topological polar surface area (TPSA) is 117 Å². The number of anilines is 1. The molecule has 1 amide bonds. The van der Waals surface area contributed by atoms with Gasteiger partial charge in [0.05, 0.1) is 16.8 Å². The number of aryl methyl sites for hydroxylation is 1. The van der Waals surface area contributed by atoms with E-state index in [9.17, 15) is 14.7 Å². The van der Waals surface area contributed by atoms with Gasteiger partial charge in [0.25, 0.3) is 0 Å². The summed E-state index contributed by atoms with van der Waals surface area (Å²) in [6.07, 6.45) is 9.97. The van der Waals surface area contributed by atoms with Gasteiger partial charge in [-0.1, -0.05) is 79.4 Å². The summed E-state index contributed by atoms with van der Waals surface area (Å²) in [5.41, 5.74) is 10.2. The van der Waals surface area contributed by atoms with Crippen molar-refractivity contribution in [3.8, 4) is 22.6 Å². The van der Waals surface area contributed by atoms with Gasteiger partial charge < -0.3 is 24.8 Å². The molecular weight excluding hydrogens is 821 g/mol. The van der Waals surface area contributed by atoms with E-state index in [1.165, 1.54) is 12.8 Å². The Balaban J connectivity index is 0.983. The average Bonchev–Trinajstić information content (AvgIpc) is 3.73. The number of pyridine rings is 2. The van der Waals surface area contributed by atoms with Crippen molar-refractivity contribution in [2.45, 2.75) is 103 Å². The predicted octanol–water partition coefficient (Wildman–Crippen LogP) is 10.3. The zero-order valence-corrected chi connectivity index (χ0v) is 37.4. The monoisotopic (exact) mass is 875 g/mol. The number of fused-ring (bicyclic) bond motifs is 2. The van der Waals surface area contributed by atoms with E-state index in [1.54, 1.807) is 18.5 Å². The largest absolute Gasteiger partial charge is 0.486 e. The lowest BCUT2D eigenvalue weighted by molar-refractivity contribution is -0.142. The third-order valence-corrected chi connectivity index (χ3v) is 13.7. The third-order valence-electron chi connectivity index (χ3n) is 13.1.